The third-order valence-electron chi connectivity index (χ3n) is 4.98. The smallest absolute Gasteiger partial charge is 0.257 e. The number of aromatic nitrogens is 3. The van der Waals surface area contributed by atoms with E-state index in [0.717, 1.165) is 11.3 Å². The molecule has 2 aromatic heterocycles. The van der Waals surface area contributed by atoms with Crippen LogP contribution in [0.1, 0.15) is 16.8 Å². The van der Waals surface area contributed by atoms with Crippen LogP contribution in [-0.2, 0) is 9.84 Å². The number of para-hydroxylation sites is 1. The second kappa shape index (κ2) is 7.20. The Balaban J connectivity index is 1.74. The highest BCUT2D eigenvalue weighted by molar-refractivity contribution is 7.91. The number of carbonyl (C=O) groups excluding carboxylic acids is 1. The molecule has 0 aliphatic carbocycles. The second-order valence-corrected chi connectivity index (χ2v) is 9.11. The maximum absolute atomic E-state index is 13.2. The Morgan fingerprint density at radius 1 is 1.18 bits per heavy atom. The van der Waals surface area contributed by atoms with Crippen molar-refractivity contribution in [2.45, 2.75) is 12.5 Å². The van der Waals surface area contributed by atoms with E-state index in [4.69, 9.17) is 0 Å². The Kier molecular flexibility index (Phi) is 4.72. The van der Waals surface area contributed by atoms with Gasteiger partial charge < -0.3 is 4.90 Å². The van der Waals surface area contributed by atoms with Crippen molar-refractivity contribution in [3.05, 3.63) is 66.6 Å². The van der Waals surface area contributed by atoms with Crippen molar-refractivity contribution in [2.75, 3.05) is 18.6 Å². The summed E-state index contributed by atoms with van der Waals surface area (Å²) in [5, 5.41) is 4.62. The lowest BCUT2D eigenvalue weighted by Gasteiger charge is -2.23. The highest BCUT2D eigenvalue weighted by Crippen LogP contribution is 2.26. The topological polar surface area (TPSA) is 85.2 Å². The molecule has 1 aliphatic rings. The van der Waals surface area contributed by atoms with Gasteiger partial charge in [-0.3, -0.25) is 9.78 Å². The summed E-state index contributed by atoms with van der Waals surface area (Å²) in [5.41, 5.74) is 2.50. The summed E-state index contributed by atoms with van der Waals surface area (Å²) >= 11 is 0. The molecule has 3 aromatic rings. The first-order chi connectivity index (χ1) is 13.4. The van der Waals surface area contributed by atoms with Crippen LogP contribution in [0.2, 0.25) is 0 Å². The fourth-order valence-corrected chi connectivity index (χ4v) is 5.17. The Morgan fingerprint density at radius 3 is 2.61 bits per heavy atom. The lowest BCUT2D eigenvalue weighted by Crippen LogP contribution is -2.37. The molecule has 8 heteroatoms. The lowest BCUT2D eigenvalue weighted by molar-refractivity contribution is 0.0748. The van der Waals surface area contributed by atoms with E-state index in [2.05, 4.69) is 10.1 Å². The first-order valence-corrected chi connectivity index (χ1v) is 10.8. The molecule has 1 fully saturated rings. The molecule has 0 unspecified atom stereocenters. The number of carbonyl (C=O) groups is 1. The number of nitrogens with zero attached hydrogens (tertiary/aromatic N) is 4. The van der Waals surface area contributed by atoms with Crippen molar-refractivity contribution >= 4 is 15.7 Å². The van der Waals surface area contributed by atoms with Crippen LogP contribution < -0.4 is 0 Å². The van der Waals surface area contributed by atoms with E-state index < -0.39 is 9.84 Å². The summed E-state index contributed by atoms with van der Waals surface area (Å²) < 4.78 is 25.3. The third kappa shape index (κ3) is 3.55. The van der Waals surface area contributed by atoms with E-state index >= 15 is 0 Å². The standard InChI is InChI=1S/C20H20N4O3S/c1-23(17-9-11-28(26,27)14-17)20(25)18-13-24(16-7-3-2-4-8-16)22-19(18)15-6-5-10-21-12-15/h2-8,10,12-13,17H,9,11,14H2,1H3/t17-/m0/s1. The molecular formula is C20H20N4O3S. The maximum Gasteiger partial charge on any atom is 0.257 e. The molecule has 1 saturated heterocycles. The van der Waals surface area contributed by atoms with E-state index in [0.29, 0.717) is 17.7 Å². The molecule has 3 heterocycles. The Bertz CT molecular complexity index is 1090. The van der Waals surface area contributed by atoms with Gasteiger partial charge in [-0.05, 0) is 30.7 Å². The van der Waals surface area contributed by atoms with Crippen LogP contribution in [0, 0.1) is 0 Å². The van der Waals surface area contributed by atoms with Crippen molar-refractivity contribution in [1.82, 2.24) is 19.7 Å². The number of rotatable bonds is 4. The molecule has 1 aliphatic heterocycles. The monoisotopic (exact) mass is 396 g/mol. The van der Waals surface area contributed by atoms with Crippen LogP contribution in [0.5, 0.6) is 0 Å². The first kappa shape index (κ1) is 18.4. The van der Waals surface area contributed by atoms with E-state index in [1.54, 1.807) is 36.4 Å². The summed E-state index contributed by atoms with van der Waals surface area (Å²) in [6.45, 7) is 0. The molecule has 0 spiro atoms. The number of hydrogen-bond donors (Lipinski definition) is 0. The number of benzene rings is 1. The number of hydrogen-bond acceptors (Lipinski definition) is 5. The van der Waals surface area contributed by atoms with Crippen molar-refractivity contribution in [1.29, 1.82) is 0 Å². The van der Waals surface area contributed by atoms with Gasteiger partial charge in [0.15, 0.2) is 9.84 Å². The minimum absolute atomic E-state index is 0.00425. The highest BCUT2D eigenvalue weighted by Gasteiger charge is 2.34. The average Bonchev–Trinajstić information content (AvgIpc) is 3.32. The summed E-state index contributed by atoms with van der Waals surface area (Å²) in [6.07, 6.45) is 5.47. The van der Waals surface area contributed by atoms with Gasteiger partial charge in [0, 0.05) is 37.2 Å². The van der Waals surface area contributed by atoms with Gasteiger partial charge in [0.1, 0.15) is 5.69 Å². The maximum atomic E-state index is 13.2. The minimum Gasteiger partial charge on any atom is -0.338 e. The molecule has 0 radical (unpaired) electrons. The molecule has 28 heavy (non-hydrogen) atoms. The zero-order chi connectivity index (χ0) is 19.7. The van der Waals surface area contributed by atoms with Crippen molar-refractivity contribution in [3.8, 4) is 16.9 Å². The van der Waals surface area contributed by atoms with Gasteiger partial charge in [-0.25, -0.2) is 13.1 Å². The zero-order valence-corrected chi connectivity index (χ0v) is 16.2. The average molecular weight is 396 g/mol. The van der Waals surface area contributed by atoms with Crippen LogP contribution in [0.15, 0.2) is 61.1 Å². The third-order valence-corrected chi connectivity index (χ3v) is 6.73. The molecule has 0 bridgehead atoms. The quantitative estimate of drug-likeness (QED) is 0.675. The molecule has 144 valence electrons. The summed E-state index contributed by atoms with van der Waals surface area (Å²) in [4.78, 5) is 18.9. The molecule has 0 N–H and O–H groups in total. The van der Waals surface area contributed by atoms with Gasteiger partial charge in [0.2, 0.25) is 0 Å². The highest BCUT2D eigenvalue weighted by atomic mass is 32.2. The summed E-state index contributed by atoms with van der Waals surface area (Å²) in [7, 11) is -1.43. The van der Waals surface area contributed by atoms with Crippen LogP contribution in [-0.4, -0.2) is 58.6 Å². The Morgan fingerprint density at radius 2 is 1.96 bits per heavy atom. The molecule has 0 saturated carbocycles. The van der Waals surface area contributed by atoms with Gasteiger partial charge in [-0.2, -0.15) is 5.10 Å². The van der Waals surface area contributed by atoms with Crippen molar-refractivity contribution in [2.24, 2.45) is 0 Å². The Hall–Kier alpha value is -3.00. The number of pyridine rings is 1. The van der Waals surface area contributed by atoms with E-state index in [1.807, 2.05) is 36.4 Å². The van der Waals surface area contributed by atoms with Crippen LogP contribution in [0.25, 0.3) is 16.9 Å². The normalized spacial score (nSPS) is 18.1. The second-order valence-electron chi connectivity index (χ2n) is 6.89. The molecular weight excluding hydrogens is 376 g/mol. The van der Waals surface area contributed by atoms with Gasteiger partial charge in [0.25, 0.3) is 5.91 Å². The predicted molar refractivity (Wildman–Crippen MR) is 106 cm³/mol. The Labute approximate surface area is 163 Å². The van der Waals surface area contributed by atoms with Gasteiger partial charge in [-0.15, -0.1) is 0 Å². The summed E-state index contributed by atoms with van der Waals surface area (Å²) in [6, 6.07) is 12.8. The van der Waals surface area contributed by atoms with Gasteiger partial charge in [0.05, 0.1) is 22.8 Å². The zero-order valence-electron chi connectivity index (χ0n) is 15.4. The number of sulfone groups is 1. The first-order valence-electron chi connectivity index (χ1n) is 8.98. The van der Waals surface area contributed by atoms with Crippen molar-refractivity contribution in [3.63, 3.8) is 0 Å². The van der Waals surface area contributed by atoms with Crippen LogP contribution >= 0.6 is 0 Å². The SMILES string of the molecule is CN(C(=O)c1cn(-c2ccccc2)nc1-c1cccnc1)[C@H]1CCS(=O)(=O)C1. The molecule has 4 rings (SSSR count). The predicted octanol–water partition coefficient (Wildman–Crippen LogP) is 2.19. The van der Waals surface area contributed by atoms with Gasteiger partial charge in [-0.1, -0.05) is 18.2 Å². The molecule has 1 amide bonds. The van der Waals surface area contributed by atoms with E-state index in [9.17, 15) is 13.2 Å². The molecule has 1 atom stereocenters. The lowest BCUT2D eigenvalue weighted by atomic mass is 10.1. The minimum atomic E-state index is -3.08. The largest absolute Gasteiger partial charge is 0.338 e. The van der Waals surface area contributed by atoms with E-state index in [1.165, 1.54) is 4.90 Å². The summed E-state index contributed by atoms with van der Waals surface area (Å²) in [5.74, 6) is -0.124. The fourth-order valence-electron chi connectivity index (χ4n) is 3.40. The molecule has 7 nitrogen and oxygen atoms in total. The fraction of sp³-hybridized carbons (Fsp3) is 0.250. The van der Waals surface area contributed by atoms with Gasteiger partial charge >= 0.3 is 0 Å². The molecule has 1 aromatic carbocycles. The number of amides is 1. The van der Waals surface area contributed by atoms with Crippen LogP contribution in [0.4, 0.5) is 0 Å². The van der Waals surface area contributed by atoms with E-state index in [-0.39, 0.29) is 23.5 Å². The van der Waals surface area contributed by atoms with Crippen LogP contribution in [0.3, 0.4) is 0 Å². The van der Waals surface area contributed by atoms with Crippen molar-refractivity contribution < 1.29 is 13.2 Å².